The van der Waals surface area contributed by atoms with E-state index >= 15 is 0 Å². The number of carbonyl (C=O) groups is 2. The lowest BCUT2D eigenvalue weighted by atomic mass is 9.54. The fraction of sp³-hybridized carbons (Fsp3) is 0.900. The van der Waals surface area contributed by atoms with Crippen LogP contribution in [0.15, 0.2) is 0 Å². The molecule has 5 aliphatic rings. The fourth-order valence-corrected chi connectivity index (χ4v) is 6.73. The molecule has 5 rings (SSSR count). The highest BCUT2D eigenvalue weighted by atomic mass is 16.5. The number of fused-ring (bicyclic) bond motifs is 8. The summed E-state index contributed by atoms with van der Waals surface area (Å²) in [7, 11) is 0. The Morgan fingerprint density at radius 3 is 1.46 bits per heavy atom. The molecule has 0 aromatic carbocycles. The first-order valence-electron chi connectivity index (χ1n) is 10.1. The van der Waals surface area contributed by atoms with Gasteiger partial charge in [-0.1, -0.05) is 27.7 Å². The van der Waals surface area contributed by atoms with E-state index in [4.69, 9.17) is 9.47 Å². The van der Waals surface area contributed by atoms with Crippen molar-refractivity contribution in [1.82, 2.24) is 9.80 Å². The molecule has 26 heavy (non-hydrogen) atoms. The van der Waals surface area contributed by atoms with Crippen LogP contribution in [-0.4, -0.2) is 58.4 Å². The number of ether oxygens (including phenoxy) is 2. The quantitative estimate of drug-likeness (QED) is 0.750. The van der Waals surface area contributed by atoms with E-state index in [1.54, 1.807) is 0 Å². The average Bonchev–Trinajstić information content (AvgIpc) is 3.12. The van der Waals surface area contributed by atoms with E-state index in [0.29, 0.717) is 25.0 Å². The molecule has 1 saturated carbocycles. The van der Waals surface area contributed by atoms with Crippen LogP contribution < -0.4 is 0 Å². The van der Waals surface area contributed by atoms with Gasteiger partial charge in [-0.3, -0.25) is 9.59 Å². The molecule has 6 heteroatoms. The zero-order chi connectivity index (χ0) is 18.8. The minimum Gasteiger partial charge on any atom is -0.353 e. The van der Waals surface area contributed by atoms with Crippen LogP contribution in [0, 0.1) is 35.5 Å². The molecule has 0 bridgehead atoms. The molecular weight excluding hydrogens is 332 g/mol. The number of amides is 2. The first-order valence-corrected chi connectivity index (χ1v) is 10.1. The van der Waals surface area contributed by atoms with E-state index in [1.165, 1.54) is 0 Å². The number of carbonyl (C=O) groups excluding carboxylic acids is 2. The van der Waals surface area contributed by atoms with E-state index in [-0.39, 0.29) is 47.6 Å². The van der Waals surface area contributed by atoms with Gasteiger partial charge in [0.05, 0.1) is 37.1 Å². The molecule has 0 aromatic rings. The molecule has 144 valence electrons. The number of hydrogen-bond donors (Lipinski definition) is 0. The second-order valence-corrected chi connectivity index (χ2v) is 9.87. The Hall–Kier alpha value is -1.14. The summed E-state index contributed by atoms with van der Waals surface area (Å²) in [6.07, 6.45) is 0. The van der Waals surface area contributed by atoms with Gasteiger partial charge < -0.3 is 19.3 Å². The van der Waals surface area contributed by atoms with Crippen LogP contribution in [0.25, 0.3) is 0 Å². The van der Waals surface area contributed by atoms with Crippen LogP contribution in [0.5, 0.6) is 0 Å². The summed E-state index contributed by atoms with van der Waals surface area (Å²) in [5.74, 6) is 0.616. The maximum Gasteiger partial charge on any atom is 0.229 e. The normalized spacial score (nSPS) is 51.8. The third kappa shape index (κ3) is 1.59. The van der Waals surface area contributed by atoms with Gasteiger partial charge in [0.25, 0.3) is 0 Å². The van der Waals surface area contributed by atoms with Crippen molar-refractivity contribution in [2.75, 3.05) is 13.2 Å². The summed E-state index contributed by atoms with van der Waals surface area (Å²) in [4.78, 5) is 30.8. The summed E-state index contributed by atoms with van der Waals surface area (Å²) < 4.78 is 12.4. The van der Waals surface area contributed by atoms with Crippen molar-refractivity contribution in [3.05, 3.63) is 0 Å². The molecule has 4 aliphatic heterocycles. The SMILES string of the molecule is CC(C)[C@H]1CO[C@]2(C)C3C(C(=O)N12)C1C3C(=O)N2[C@@H](C(C)C)CO[C@]12C. The Morgan fingerprint density at radius 1 is 0.808 bits per heavy atom. The molecule has 4 saturated heterocycles. The lowest BCUT2D eigenvalue weighted by Gasteiger charge is -2.49. The molecule has 2 amide bonds. The van der Waals surface area contributed by atoms with Crippen molar-refractivity contribution < 1.29 is 19.1 Å². The van der Waals surface area contributed by atoms with Gasteiger partial charge in [0, 0.05) is 11.8 Å². The predicted octanol–water partition coefficient (Wildman–Crippen LogP) is 1.69. The molecule has 4 atom stereocenters. The molecule has 0 aromatic heterocycles. The second-order valence-electron chi connectivity index (χ2n) is 9.87. The van der Waals surface area contributed by atoms with E-state index < -0.39 is 11.4 Å². The zero-order valence-electron chi connectivity index (χ0n) is 16.6. The molecular formula is C20H30N2O4. The van der Waals surface area contributed by atoms with Gasteiger partial charge in [-0.15, -0.1) is 0 Å². The fourth-order valence-electron chi connectivity index (χ4n) is 6.73. The Kier molecular flexibility index (Phi) is 3.15. The van der Waals surface area contributed by atoms with Crippen LogP contribution in [-0.2, 0) is 19.1 Å². The highest BCUT2D eigenvalue weighted by Gasteiger charge is 2.82. The minimum atomic E-state index is -0.642. The number of rotatable bonds is 2. The molecule has 0 N–H and O–H groups in total. The third-order valence-electron chi connectivity index (χ3n) is 8.08. The van der Waals surface area contributed by atoms with Gasteiger partial charge in [-0.05, 0) is 25.7 Å². The monoisotopic (exact) mass is 362 g/mol. The van der Waals surface area contributed by atoms with E-state index in [9.17, 15) is 9.59 Å². The van der Waals surface area contributed by atoms with Crippen molar-refractivity contribution in [3.63, 3.8) is 0 Å². The van der Waals surface area contributed by atoms with Gasteiger partial charge in [-0.25, -0.2) is 0 Å². The van der Waals surface area contributed by atoms with E-state index in [1.807, 2.05) is 23.6 Å². The van der Waals surface area contributed by atoms with Crippen molar-refractivity contribution in [3.8, 4) is 0 Å². The summed E-state index contributed by atoms with van der Waals surface area (Å²) in [5.41, 5.74) is -1.28. The van der Waals surface area contributed by atoms with Gasteiger partial charge in [0.2, 0.25) is 11.8 Å². The minimum absolute atomic E-state index is 0.0462. The lowest BCUT2D eigenvalue weighted by Crippen LogP contribution is -2.58. The van der Waals surface area contributed by atoms with Gasteiger partial charge in [0.15, 0.2) is 0 Å². The average molecular weight is 362 g/mol. The Balaban J connectivity index is 1.55. The Bertz CT molecular complexity index is 627. The maximum absolute atomic E-state index is 13.4. The van der Waals surface area contributed by atoms with E-state index in [2.05, 4.69) is 27.7 Å². The summed E-state index contributed by atoms with van der Waals surface area (Å²) in [6, 6.07) is 0.205. The maximum atomic E-state index is 13.4. The topological polar surface area (TPSA) is 59.1 Å². The third-order valence-corrected chi connectivity index (χ3v) is 8.08. The largest absolute Gasteiger partial charge is 0.353 e. The summed E-state index contributed by atoms with van der Waals surface area (Å²) >= 11 is 0. The number of hydrogen-bond acceptors (Lipinski definition) is 4. The van der Waals surface area contributed by atoms with Gasteiger partial charge in [-0.2, -0.15) is 0 Å². The van der Waals surface area contributed by atoms with Crippen LogP contribution in [0.3, 0.4) is 0 Å². The molecule has 1 aliphatic carbocycles. The van der Waals surface area contributed by atoms with Gasteiger partial charge in [0.1, 0.15) is 11.4 Å². The standard InChI is InChI=1S/C20H30N2O4/c1-9(2)11-7-25-19(5)15-13(17(23)21(11)19)16-14(15)18(24)22-12(10(3)4)8-26-20(16,22)6/h9-16H,7-8H2,1-6H3/t11-,12-,13?,14?,15?,16?,19-,20-/m1/s1. The highest BCUT2D eigenvalue weighted by Crippen LogP contribution is 2.69. The molecule has 6 nitrogen and oxygen atoms in total. The molecule has 0 radical (unpaired) electrons. The lowest BCUT2D eigenvalue weighted by molar-refractivity contribution is -0.181. The first kappa shape index (κ1) is 17.0. The van der Waals surface area contributed by atoms with Crippen molar-refractivity contribution in [2.24, 2.45) is 35.5 Å². The first-order chi connectivity index (χ1) is 12.1. The highest BCUT2D eigenvalue weighted by molar-refractivity contribution is 5.94. The molecule has 4 heterocycles. The molecule has 0 spiro atoms. The van der Waals surface area contributed by atoms with Crippen LogP contribution >= 0.6 is 0 Å². The summed E-state index contributed by atoms with van der Waals surface area (Å²) in [5, 5.41) is 0. The van der Waals surface area contributed by atoms with Crippen molar-refractivity contribution in [1.29, 1.82) is 0 Å². The van der Waals surface area contributed by atoms with Crippen molar-refractivity contribution >= 4 is 11.8 Å². The summed E-state index contributed by atoms with van der Waals surface area (Å²) in [6.45, 7) is 13.7. The molecule has 0 unspecified atom stereocenters. The van der Waals surface area contributed by atoms with Crippen LogP contribution in [0.2, 0.25) is 0 Å². The second kappa shape index (κ2) is 4.82. The smallest absolute Gasteiger partial charge is 0.229 e. The number of nitrogens with zero attached hydrogens (tertiary/aromatic N) is 2. The Morgan fingerprint density at radius 2 is 1.15 bits per heavy atom. The van der Waals surface area contributed by atoms with Crippen molar-refractivity contribution in [2.45, 2.75) is 65.1 Å². The van der Waals surface area contributed by atoms with Crippen LogP contribution in [0.4, 0.5) is 0 Å². The predicted molar refractivity (Wildman–Crippen MR) is 93.6 cm³/mol. The molecule has 5 fully saturated rings. The van der Waals surface area contributed by atoms with E-state index in [0.717, 1.165) is 0 Å². The Labute approximate surface area is 155 Å². The van der Waals surface area contributed by atoms with Crippen LogP contribution in [0.1, 0.15) is 41.5 Å². The zero-order valence-corrected chi connectivity index (χ0v) is 16.6. The van der Waals surface area contributed by atoms with Gasteiger partial charge >= 0.3 is 0 Å².